The zero-order chi connectivity index (χ0) is 17.3. The van der Waals surface area contributed by atoms with E-state index in [0.29, 0.717) is 0 Å². The number of aromatic nitrogens is 1. The Morgan fingerprint density at radius 2 is 1.71 bits per heavy atom. The molecule has 1 aromatic carbocycles. The average Bonchev–Trinajstić information content (AvgIpc) is 2.56. The van der Waals surface area contributed by atoms with Gasteiger partial charge in [0, 0.05) is 45.2 Å². The maximum atomic E-state index is 13.6. The van der Waals surface area contributed by atoms with Gasteiger partial charge in [-0.15, -0.1) is 0 Å². The zero-order valence-electron chi connectivity index (χ0n) is 14.4. The van der Waals surface area contributed by atoms with Crippen molar-refractivity contribution in [1.82, 2.24) is 4.98 Å². The number of nitrogens with zero attached hydrogens (tertiary/aromatic N) is 3. The summed E-state index contributed by atoms with van der Waals surface area (Å²) in [6, 6.07) is 10.4. The first-order chi connectivity index (χ1) is 11.4. The van der Waals surface area contributed by atoms with Crippen LogP contribution in [0.2, 0.25) is 0 Å². The van der Waals surface area contributed by atoms with Gasteiger partial charge in [-0.2, -0.15) is 0 Å². The molecule has 0 saturated heterocycles. The molecule has 0 fully saturated rings. The number of alkyl halides is 2. The summed E-state index contributed by atoms with van der Waals surface area (Å²) in [4.78, 5) is 9.13. The largest absolute Gasteiger partial charge is 0.372 e. The van der Waals surface area contributed by atoms with Gasteiger partial charge in [-0.1, -0.05) is 18.2 Å². The molecule has 0 aliphatic carbocycles. The molecule has 3 rings (SSSR count). The van der Waals surface area contributed by atoms with Gasteiger partial charge in [0.2, 0.25) is 0 Å². The molecule has 5 heteroatoms. The van der Waals surface area contributed by atoms with Gasteiger partial charge in [0.1, 0.15) is 0 Å². The summed E-state index contributed by atoms with van der Waals surface area (Å²) in [7, 11) is 4.10. The first kappa shape index (κ1) is 16.7. The molecule has 0 bridgehead atoms. The molecule has 128 valence electrons. The number of benzene rings is 1. The minimum absolute atomic E-state index is 0.0130. The van der Waals surface area contributed by atoms with E-state index in [9.17, 15) is 8.78 Å². The summed E-state index contributed by atoms with van der Waals surface area (Å²) in [5, 5.41) is 0. The summed E-state index contributed by atoms with van der Waals surface area (Å²) in [6.45, 7) is 2.87. The molecule has 24 heavy (non-hydrogen) atoms. The van der Waals surface area contributed by atoms with Crippen molar-refractivity contribution in [1.29, 1.82) is 0 Å². The van der Waals surface area contributed by atoms with Gasteiger partial charge in [0.25, 0.3) is 5.92 Å². The quantitative estimate of drug-likeness (QED) is 0.806. The van der Waals surface area contributed by atoms with Crippen LogP contribution in [-0.4, -0.2) is 32.2 Å². The first-order valence-corrected chi connectivity index (χ1v) is 8.28. The van der Waals surface area contributed by atoms with Crippen LogP contribution in [0.4, 0.5) is 20.3 Å². The number of pyridine rings is 1. The van der Waals surface area contributed by atoms with Crippen molar-refractivity contribution in [2.45, 2.75) is 25.7 Å². The van der Waals surface area contributed by atoms with E-state index in [1.54, 1.807) is 6.07 Å². The number of rotatable bonds is 2. The maximum Gasteiger partial charge on any atom is 0.270 e. The van der Waals surface area contributed by atoms with Crippen molar-refractivity contribution < 1.29 is 8.78 Å². The first-order valence-electron chi connectivity index (χ1n) is 8.28. The van der Waals surface area contributed by atoms with Gasteiger partial charge in [0.15, 0.2) is 5.82 Å². The molecule has 2 heterocycles. The van der Waals surface area contributed by atoms with E-state index < -0.39 is 5.92 Å². The van der Waals surface area contributed by atoms with E-state index >= 15 is 0 Å². The maximum absolute atomic E-state index is 13.6. The van der Waals surface area contributed by atoms with Crippen LogP contribution in [0.25, 0.3) is 11.3 Å². The zero-order valence-corrected chi connectivity index (χ0v) is 14.4. The summed E-state index contributed by atoms with van der Waals surface area (Å²) in [5.74, 6) is -1.94. The highest BCUT2D eigenvalue weighted by Gasteiger charge is 2.24. The number of hydrogen-bond acceptors (Lipinski definition) is 3. The van der Waals surface area contributed by atoms with E-state index in [0.717, 1.165) is 55.6 Å². The third-order valence-corrected chi connectivity index (χ3v) is 4.53. The predicted octanol–water partition coefficient (Wildman–Crippen LogP) is 4.53. The Hall–Kier alpha value is -2.17. The van der Waals surface area contributed by atoms with Crippen LogP contribution in [0.5, 0.6) is 0 Å². The second-order valence-electron chi connectivity index (χ2n) is 6.56. The fourth-order valence-electron chi connectivity index (χ4n) is 3.06. The lowest BCUT2D eigenvalue weighted by atomic mass is 10.0. The Labute approximate surface area is 141 Å². The van der Waals surface area contributed by atoms with Crippen LogP contribution in [0.1, 0.15) is 25.3 Å². The van der Waals surface area contributed by atoms with E-state index in [1.807, 2.05) is 25.2 Å². The Morgan fingerprint density at radius 1 is 1.00 bits per heavy atom. The van der Waals surface area contributed by atoms with Crippen LogP contribution in [-0.2, 0) is 5.92 Å². The van der Waals surface area contributed by atoms with Crippen molar-refractivity contribution in [3.8, 4) is 11.3 Å². The van der Waals surface area contributed by atoms with Gasteiger partial charge in [-0.3, -0.25) is 0 Å². The van der Waals surface area contributed by atoms with E-state index in [1.165, 1.54) is 12.1 Å². The van der Waals surface area contributed by atoms with Crippen molar-refractivity contribution in [3.63, 3.8) is 0 Å². The topological polar surface area (TPSA) is 19.4 Å². The number of fused-ring (bicyclic) bond motifs is 1. The summed E-state index contributed by atoms with van der Waals surface area (Å²) < 4.78 is 27.2. The predicted molar refractivity (Wildman–Crippen MR) is 95.0 cm³/mol. The van der Waals surface area contributed by atoms with Crippen molar-refractivity contribution in [3.05, 3.63) is 42.0 Å². The normalized spacial score (nSPS) is 15.7. The smallest absolute Gasteiger partial charge is 0.270 e. The Morgan fingerprint density at radius 3 is 2.42 bits per heavy atom. The van der Waals surface area contributed by atoms with Crippen LogP contribution in [0.3, 0.4) is 0 Å². The lowest BCUT2D eigenvalue weighted by Gasteiger charge is -2.30. The van der Waals surface area contributed by atoms with Gasteiger partial charge in [-0.25, -0.2) is 13.8 Å². The Balaban J connectivity index is 2.04. The van der Waals surface area contributed by atoms with E-state index in [4.69, 9.17) is 4.98 Å². The Kier molecular flexibility index (Phi) is 4.43. The highest BCUT2D eigenvalue weighted by Crippen LogP contribution is 2.33. The third kappa shape index (κ3) is 3.35. The second kappa shape index (κ2) is 6.38. The van der Waals surface area contributed by atoms with Crippen molar-refractivity contribution in [2.24, 2.45) is 0 Å². The molecule has 0 radical (unpaired) electrons. The van der Waals surface area contributed by atoms with Crippen LogP contribution >= 0.6 is 0 Å². The average molecular weight is 331 g/mol. The molecule has 3 nitrogen and oxygen atoms in total. The van der Waals surface area contributed by atoms with E-state index in [-0.39, 0.29) is 5.56 Å². The molecule has 1 aromatic heterocycles. The van der Waals surface area contributed by atoms with Gasteiger partial charge in [0.05, 0.1) is 11.4 Å². The lowest BCUT2D eigenvalue weighted by Crippen LogP contribution is -2.29. The third-order valence-electron chi connectivity index (χ3n) is 4.53. The van der Waals surface area contributed by atoms with Crippen molar-refractivity contribution in [2.75, 3.05) is 37.0 Å². The monoisotopic (exact) mass is 331 g/mol. The fraction of sp³-hybridized carbons (Fsp3) is 0.421. The number of hydrogen-bond donors (Lipinski definition) is 0. The minimum atomic E-state index is -2.85. The number of halogens is 2. The molecule has 1 aliphatic rings. The number of anilines is 2. The van der Waals surface area contributed by atoms with Crippen LogP contribution in [0, 0.1) is 0 Å². The molecule has 0 unspecified atom stereocenters. The van der Waals surface area contributed by atoms with Gasteiger partial charge < -0.3 is 9.80 Å². The molecule has 0 amide bonds. The molecular weight excluding hydrogens is 308 g/mol. The standard InChI is InChI=1S/C19H23F2N3/c1-19(20,21)15-8-6-7-14(13-15)16-9-10-17-18(22-16)24(3)12-5-4-11-23(17)2/h6-10,13H,4-5,11-12H2,1-3H3. The van der Waals surface area contributed by atoms with Gasteiger partial charge in [-0.05, 0) is 31.0 Å². The highest BCUT2D eigenvalue weighted by molar-refractivity contribution is 5.72. The summed E-state index contributed by atoms with van der Waals surface area (Å²) >= 11 is 0. The summed E-state index contributed by atoms with van der Waals surface area (Å²) in [5.41, 5.74) is 2.53. The van der Waals surface area contributed by atoms with Gasteiger partial charge >= 0.3 is 0 Å². The minimum Gasteiger partial charge on any atom is -0.372 e. The molecular formula is C19H23F2N3. The highest BCUT2D eigenvalue weighted by atomic mass is 19.3. The molecule has 1 aliphatic heterocycles. The van der Waals surface area contributed by atoms with E-state index in [2.05, 4.69) is 16.8 Å². The second-order valence-corrected chi connectivity index (χ2v) is 6.56. The van der Waals surface area contributed by atoms with Crippen molar-refractivity contribution >= 4 is 11.5 Å². The fourth-order valence-corrected chi connectivity index (χ4v) is 3.06. The molecule has 0 atom stereocenters. The summed E-state index contributed by atoms with van der Waals surface area (Å²) in [6.07, 6.45) is 2.26. The lowest BCUT2D eigenvalue weighted by molar-refractivity contribution is 0.0175. The molecule has 2 aromatic rings. The van der Waals surface area contributed by atoms with Crippen LogP contribution in [0.15, 0.2) is 36.4 Å². The van der Waals surface area contributed by atoms with Crippen LogP contribution < -0.4 is 9.80 Å². The Bertz CT molecular complexity index is 725. The SMILES string of the molecule is CN1CCCCN(C)c2nc(-c3cccc(C(C)(F)F)c3)ccc21. The molecule has 0 spiro atoms. The molecule has 0 saturated carbocycles. The molecule has 0 N–H and O–H groups in total.